The molecular weight excluding hydrogens is 228 g/mol. The van der Waals surface area contributed by atoms with Gasteiger partial charge in [-0.2, -0.15) is 0 Å². The molecule has 0 amide bonds. The van der Waals surface area contributed by atoms with Crippen molar-refractivity contribution < 1.29 is 0 Å². The maximum atomic E-state index is 5.69. The third kappa shape index (κ3) is 2.86. The van der Waals surface area contributed by atoms with Crippen LogP contribution in [0.4, 0.5) is 0 Å². The highest BCUT2D eigenvalue weighted by Crippen LogP contribution is 2.32. The number of nitrogens with one attached hydrogen (secondary N) is 1. The zero-order valence-electron chi connectivity index (χ0n) is 10.4. The fraction of sp³-hybridized carbons (Fsp3) is 0.429. The molecule has 0 aliphatic carbocycles. The molecular formula is C14H20N2S. The first kappa shape index (κ1) is 12.6. The SMILES string of the molecule is CCC(C)CC(NN)c1cc2ccccc2s1. The second-order valence-electron chi connectivity index (χ2n) is 4.65. The first-order valence-electron chi connectivity index (χ1n) is 6.19. The van der Waals surface area contributed by atoms with Crippen molar-refractivity contribution >= 4 is 21.4 Å². The lowest BCUT2D eigenvalue weighted by Crippen LogP contribution is -2.28. The first-order valence-corrected chi connectivity index (χ1v) is 7.00. The second-order valence-corrected chi connectivity index (χ2v) is 5.77. The van der Waals surface area contributed by atoms with Crippen molar-refractivity contribution in [3.05, 3.63) is 35.2 Å². The molecule has 0 saturated heterocycles. The summed E-state index contributed by atoms with van der Waals surface area (Å²) >= 11 is 1.84. The number of hydrogen-bond donors (Lipinski definition) is 2. The van der Waals surface area contributed by atoms with E-state index in [0.717, 1.165) is 6.42 Å². The Morgan fingerprint density at radius 1 is 1.35 bits per heavy atom. The average Bonchev–Trinajstić information content (AvgIpc) is 2.78. The maximum Gasteiger partial charge on any atom is 0.0556 e. The number of hydrogen-bond acceptors (Lipinski definition) is 3. The van der Waals surface area contributed by atoms with Crippen LogP contribution in [-0.2, 0) is 0 Å². The van der Waals surface area contributed by atoms with Crippen LogP contribution in [0, 0.1) is 5.92 Å². The molecule has 92 valence electrons. The van der Waals surface area contributed by atoms with Gasteiger partial charge in [-0.15, -0.1) is 11.3 Å². The van der Waals surface area contributed by atoms with Crippen LogP contribution in [-0.4, -0.2) is 0 Å². The second kappa shape index (κ2) is 5.63. The normalized spacial score (nSPS) is 15.0. The fourth-order valence-electron chi connectivity index (χ4n) is 2.01. The minimum absolute atomic E-state index is 0.280. The van der Waals surface area contributed by atoms with E-state index in [-0.39, 0.29) is 6.04 Å². The minimum Gasteiger partial charge on any atom is -0.271 e. The Morgan fingerprint density at radius 3 is 2.76 bits per heavy atom. The van der Waals surface area contributed by atoms with E-state index >= 15 is 0 Å². The molecule has 1 heterocycles. The summed E-state index contributed by atoms with van der Waals surface area (Å²) in [5.74, 6) is 6.38. The smallest absolute Gasteiger partial charge is 0.0556 e. The van der Waals surface area contributed by atoms with Gasteiger partial charge in [0.25, 0.3) is 0 Å². The molecule has 0 spiro atoms. The summed E-state index contributed by atoms with van der Waals surface area (Å²) in [6, 6.07) is 11.0. The van der Waals surface area contributed by atoms with E-state index < -0.39 is 0 Å². The molecule has 1 aromatic heterocycles. The van der Waals surface area contributed by atoms with Crippen LogP contribution >= 0.6 is 11.3 Å². The Hall–Kier alpha value is -0.900. The monoisotopic (exact) mass is 248 g/mol. The summed E-state index contributed by atoms with van der Waals surface area (Å²) in [6.07, 6.45) is 2.29. The van der Waals surface area contributed by atoms with Gasteiger partial charge in [-0.3, -0.25) is 11.3 Å². The zero-order valence-corrected chi connectivity index (χ0v) is 11.3. The van der Waals surface area contributed by atoms with E-state index in [1.807, 2.05) is 11.3 Å². The number of hydrazine groups is 1. The maximum absolute atomic E-state index is 5.69. The van der Waals surface area contributed by atoms with E-state index in [9.17, 15) is 0 Å². The molecule has 2 unspecified atom stereocenters. The molecule has 0 saturated carbocycles. The molecule has 17 heavy (non-hydrogen) atoms. The molecule has 0 aliphatic rings. The van der Waals surface area contributed by atoms with Crippen LogP contribution < -0.4 is 11.3 Å². The van der Waals surface area contributed by atoms with Crippen LogP contribution in [0.25, 0.3) is 10.1 Å². The lowest BCUT2D eigenvalue weighted by atomic mass is 9.98. The van der Waals surface area contributed by atoms with Crippen molar-refractivity contribution in [2.24, 2.45) is 11.8 Å². The number of fused-ring (bicyclic) bond motifs is 1. The number of nitrogens with two attached hydrogens (primary N) is 1. The zero-order chi connectivity index (χ0) is 12.3. The van der Waals surface area contributed by atoms with Gasteiger partial charge in [0, 0.05) is 9.58 Å². The van der Waals surface area contributed by atoms with E-state index in [1.165, 1.54) is 21.4 Å². The third-order valence-electron chi connectivity index (χ3n) is 3.32. The first-order chi connectivity index (χ1) is 8.24. The Bertz CT molecular complexity index is 445. The molecule has 0 fully saturated rings. The van der Waals surface area contributed by atoms with Gasteiger partial charge < -0.3 is 0 Å². The van der Waals surface area contributed by atoms with Crippen molar-refractivity contribution in [1.82, 2.24) is 5.43 Å². The van der Waals surface area contributed by atoms with Gasteiger partial charge in [0.2, 0.25) is 0 Å². The molecule has 2 rings (SSSR count). The predicted molar refractivity (Wildman–Crippen MR) is 76.0 cm³/mol. The molecule has 0 aliphatic heterocycles. The topological polar surface area (TPSA) is 38.0 Å². The Labute approximate surface area is 107 Å². The van der Waals surface area contributed by atoms with Crippen molar-refractivity contribution in [2.75, 3.05) is 0 Å². The van der Waals surface area contributed by atoms with Crippen molar-refractivity contribution in [3.63, 3.8) is 0 Å². The van der Waals surface area contributed by atoms with E-state index in [4.69, 9.17) is 5.84 Å². The highest BCUT2D eigenvalue weighted by atomic mass is 32.1. The molecule has 0 radical (unpaired) electrons. The van der Waals surface area contributed by atoms with Gasteiger partial charge in [-0.25, -0.2) is 0 Å². The Morgan fingerprint density at radius 2 is 2.12 bits per heavy atom. The minimum atomic E-state index is 0.280. The lowest BCUT2D eigenvalue weighted by molar-refractivity contribution is 0.412. The molecule has 3 N–H and O–H groups in total. The number of rotatable bonds is 5. The van der Waals surface area contributed by atoms with E-state index in [1.54, 1.807) is 0 Å². The fourth-order valence-corrected chi connectivity index (χ4v) is 3.15. The van der Waals surface area contributed by atoms with Gasteiger partial charge in [0.15, 0.2) is 0 Å². The van der Waals surface area contributed by atoms with Gasteiger partial charge in [-0.05, 0) is 29.9 Å². The van der Waals surface area contributed by atoms with Gasteiger partial charge in [0.1, 0.15) is 0 Å². The van der Waals surface area contributed by atoms with Crippen molar-refractivity contribution in [3.8, 4) is 0 Å². The van der Waals surface area contributed by atoms with Crippen LogP contribution in [0.2, 0.25) is 0 Å². The molecule has 2 aromatic rings. The summed E-state index contributed by atoms with van der Waals surface area (Å²) in [5, 5.41) is 1.32. The lowest BCUT2D eigenvalue weighted by Gasteiger charge is -2.17. The predicted octanol–water partition coefficient (Wildman–Crippen LogP) is 3.84. The summed E-state index contributed by atoms with van der Waals surface area (Å²) in [5.41, 5.74) is 2.95. The van der Waals surface area contributed by atoms with Crippen LogP contribution in [0.15, 0.2) is 30.3 Å². The van der Waals surface area contributed by atoms with Crippen molar-refractivity contribution in [1.29, 1.82) is 0 Å². The quantitative estimate of drug-likeness (QED) is 0.623. The third-order valence-corrected chi connectivity index (χ3v) is 4.55. The molecule has 2 atom stereocenters. The Balaban J connectivity index is 2.24. The average molecular weight is 248 g/mol. The number of thiophene rings is 1. The standard InChI is InChI=1S/C14H20N2S/c1-3-10(2)8-12(16-15)14-9-11-6-4-5-7-13(11)17-14/h4-7,9-10,12,16H,3,8,15H2,1-2H3. The largest absolute Gasteiger partial charge is 0.271 e. The molecule has 3 heteroatoms. The van der Waals surface area contributed by atoms with Crippen LogP contribution in [0.1, 0.15) is 37.6 Å². The summed E-state index contributed by atoms with van der Waals surface area (Å²) in [4.78, 5) is 1.34. The van der Waals surface area contributed by atoms with Gasteiger partial charge >= 0.3 is 0 Å². The van der Waals surface area contributed by atoms with Crippen LogP contribution in [0.3, 0.4) is 0 Å². The molecule has 0 bridgehead atoms. The highest BCUT2D eigenvalue weighted by molar-refractivity contribution is 7.19. The Kier molecular flexibility index (Phi) is 4.15. The number of benzene rings is 1. The summed E-state index contributed by atoms with van der Waals surface area (Å²) < 4.78 is 1.34. The van der Waals surface area contributed by atoms with Gasteiger partial charge in [0.05, 0.1) is 6.04 Å². The van der Waals surface area contributed by atoms with Gasteiger partial charge in [-0.1, -0.05) is 38.5 Å². The van der Waals surface area contributed by atoms with E-state index in [2.05, 4.69) is 49.6 Å². The van der Waals surface area contributed by atoms with Crippen LogP contribution in [0.5, 0.6) is 0 Å². The van der Waals surface area contributed by atoms with E-state index in [0.29, 0.717) is 5.92 Å². The van der Waals surface area contributed by atoms with Crippen molar-refractivity contribution in [2.45, 2.75) is 32.7 Å². The molecule has 2 nitrogen and oxygen atoms in total. The summed E-state index contributed by atoms with van der Waals surface area (Å²) in [6.45, 7) is 4.50. The highest BCUT2D eigenvalue weighted by Gasteiger charge is 2.15. The summed E-state index contributed by atoms with van der Waals surface area (Å²) in [7, 11) is 0. The molecule has 1 aromatic carbocycles.